The Morgan fingerprint density at radius 3 is 2.57 bits per heavy atom. The van der Waals surface area contributed by atoms with E-state index in [1.54, 1.807) is 25.4 Å². The quantitative estimate of drug-likeness (QED) is 0.403. The number of benzene rings is 2. The van der Waals surface area contributed by atoms with E-state index in [0.29, 0.717) is 42.7 Å². The van der Waals surface area contributed by atoms with E-state index in [9.17, 15) is 9.59 Å². The number of pyridine rings is 1. The number of aryl methyl sites for hydroxylation is 1. The summed E-state index contributed by atoms with van der Waals surface area (Å²) >= 11 is 0. The Hall–Kier alpha value is -4.20. The molecule has 0 radical (unpaired) electrons. The van der Waals surface area contributed by atoms with Crippen molar-refractivity contribution in [1.82, 2.24) is 19.4 Å². The van der Waals surface area contributed by atoms with Crippen molar-refractivity contribution in [1.29, 1.82) is 0 Å². The number of hydrogen-bond donors (Lipinski definition) is 1. The van der Waals surface area contributed by atoms with E-state index >= 15 is 0 Å². The number of fused-ring (bicyclic) bond motifs is 1. The second-order valence-corrected chi connectivity index (χ2v) is 9.34. The Bertz CT molecular complexity index is 1390. The number of carbonyl (C=O) groups is 2. The predicted molar refractivity (Wildman–Crippen MR) is 143 cm³/mol. The largest absolute Gasteiger partial charge is 0.489 e. The topological polar surface area (TPSA) is 89.3 Å². The first kappa shape index (κ1) is 24.5. The summed E-state index contributed by atoms with van der Waals surface area (Å²) in [7, 11) is 1.95. The van der Waals surface area contributed by atoms with Gasteiger partial charge in [-0.25, -0.2) is 4.98 Å². The van der Waals surface area contributed by atoms with Crippen molar-refractivity contribution in [3.63, 3.8) is 0 Å². The first-order valence-corrected chi connectivity index (χ1v) is 12.7. The highest BCUT2D eigenvalue weighted by atomic mass is 16.5. The number of likely N-dealkylation sites (tertiary alicyclic amines) is 1. The third-order valence-electron chi connectivity index (χ3n) is 6.77. The molecule has 1 aliphatic heterocycles. The van der Waals surface area contributed by atoms with Gasteiger partial charge in [0.2, 0.25) is 5.91 Å². The van der Waals surface area contributed by atoms with Crippen molar-refractivity contribution in [3.8, 4) is 5.75 Å². The summed E-state index contributed by atoms with van der Waals surface area (Å²) in [5.41, 5.74) is 3.75. The molecular weight excluding hydrogens is 466 g/mol. The molecule has 0 aliphatic carbocycles. The average molecular weight is 498 g/mol. The number of imidazole rings is 1. The van der Waals surface area contributed by atoms with Crippen molar-refractivity contribution in [2.75, 3.05) is 18.4 Å². The minimum Gasteiger partial charge on any atom is -0.489 e. The summed E-state index contributed by atoms with van der Waals surface area (Å²) < 4.78 is 8.05. The lowest BCUT2D eigenvalue weighted by atomic mass is 10.0. The molecule has 0 saturated carbocycles. The van der Waals surface area contributed by atoms with E-state index in [2.05, 4.69) is 22.4 Å². The summed E-state index contributed by atoms with van der Waals surface area (Å²) in [6.45, 7) is 2.98. The second kappa shape index (κ2) is 10.8. The zero-order valence-corrected chi connectivity index (χ0v) is 21.2. The molecule has 1 N–H and O–H groups in total. The fourth-order valence-electron chi connectivity index (χ4n) is 4.78. The van der Waals surface area contributed by atoms with E-state index in [0.717, 1.165) is 35.5 Å². The summed E-state index contributed by atoms with van der Waals surface area (Å²) in [4.78, 5) is 36.8. The van der Waals surface area contributed by atoms with Crippen molar-refractivity contribution in [2.45, 2.75) is 38.7 Å². The summed E-state index contributed by atoms with van der Waals surface area (Å²) in [5.74, 6) is 1.44. The van der Waals surface area contributed by atoms with E-state index in [-0.39, 0.29) is 17.9 Å². The van der Waals surface area contributed by atoms with Gasteiger partial charge in [-0.1, -0.05) is 37.3 Å². The number of ether oxygens (including phenoxy) is 1. The molecule has 2 aromatic carbocycles. The van der Waals surface area contributed by atoms with Crippen molar-refractivity contribution < 1.29 is 14.3 Å². The van der Waals surface area contributed by atoms with Crippen LogP contribution in [0.25, 0.3) is 11.0 Å². The second-order valence-electron chi connectivity index (χ2n) is 9.34. The molecule has 0 atom stereocenters. The first-order chi connectivity index (χ1) is 18.0. The number of carbonyl (C=O) groups excluding carboxylic acids is 2. The molecule has 37 heavy (non-hydrogen) atoms. The minimum absolute atomic E-state index is 0.0395. The van der Waals surface area contributed by atoms with Gasteiger partial charge >= 0.3 is 0 Å². The molecule has 190 valence electrons. The number of anilines is 1. The summed E-state index contributed by atoms with van der Waals surface area (Å²) in [6.07, 6.45) is 5.94. The number of piperidine rings is 1. The molecular formula is C29H31N5O3. The molecule has 5 rings (SSSR count). The van der Waals surface area contributed by atoms with Crippen LogP contribution in [0.15, 0.2) is 67.0 Å². The fourth-order valence-corrected chi connectivity index (χ4v) is 4.78. The van der Waals surface area contributed by atoms with Gasteiger partial charge in [-0.05, 0) is 29.8 Å². The minimum atomic E-state index is -0.105. The Morgan fingerprint density at radius 1 is 1.08 bits per heavy atom. The maximum absolute atomic E-state index is 13.8. The SMILES string of the molecule is CCC(=O)Nc1cc(C(=O)N2CCC(Oc3cccnc3)CC2)c2c(c1)nc(Cc1ccccc1)n2C. The molecule has 3 heterocycles. The maximum Gasteiger partial charge on any atom is 0.256 e. The fraction of sp³-hybridized carbons (Fsp3) is 0.310. The van der Waals surface area contributed by atoms with Gasteiger partial charge in [0.05, 0.1) is 22.8 Å². The van der Waals surface area contributed by atoms with Crippen molar-refractivity contribution in [3.05, 3.63) is 83.9 Å². The predicted octanol–water partition coefficient (Wildman–Crippen LogP) is 4.59. The highest BCUT2D eigenvalue weighted by Crippen LogP contribution is 2.28. The van der Waals surface area contributed by atoms with Gasteiger partial charge in [-0.15, -0.1) is 0 Å². The Balaban J connectivity index is 1.42. The highest BCUT2D eigenvalue weighted by Gasteiger charge is 2.28. The van der Waals surface area contributed by atoms with Gasteiger partial charge in [0, 0.05) is 57.7 Å². The lowest BCUT2D eigenvalue weighted by molar-refractivity contribution is -0.115. The molecule has 1 fully saturated rings. The van der Waals surface area contributed by atoms with Crippen LogP contribution in [0, 0.1) is 0 Å². The number of hydrogen-bond acceptors (Lipinski definition) is 5. The molecule has 0 unspecified atom stereocenters. The molecule has 1 aliphatic rings. The summed E-state index contributed by atoms with van der Waals surface area (Å²) in [6, 6.07) is 17.5. The van der Waals surface area contributed by atoms with Gasteiger partial charge in [0.1, 0.15) is 17.7 Å². The van der Waals surface area contributed by atoms with Gasteiger partial charge < -0.3 is 19.5 Å². The molecule has 0 bridgehead atoms. The number of aromatic nitrogens is 3. The van der Waals surface area contributed by atoms with E-state index in [1.807, 2.05) is 52.9 Å². The van der Waals surface area contributed by atoms with Gasteiger partial charge in [-0.3, -0.25) is 14.6 Å². The monoisotopic (exact) mass is 497 g/mol. The number of nitrogens with zero attached hydrogens (tertiary/aromatic N) is 4. The van der Waals surface area contributed by atoms with Gasteiger partial charge in [0.15, 0.2) is 0 Å². The van der Waals surface area contributed by atoms with Gasteiger partial charge in [-0.2, -0.15) is 0 Å². The Kier molecular flexibility index (Phi) is 7.16. The highest BCUT2D eigenvalue weighted by molar-refractivity contribution is 6.07. The van der Waals surface area contributed by atoms with Crippen LogP contribution in [-0.2, 0) is 18.3 Å². The Labute approximate surface area is 216 Å². The van der Waals surface area contributed by atoms with Crippen LogP contribution in [0.2, 0.25) is 0 Å². The molecule has 0 spiro atoms. The Morgan fingerprint density at radius 2 is 1.86 bits per heavy atom. The van der Waals surface area contributed by atoms with Crippen LogP contribution in [0.4, 0.5) is 5.69 Å². The van der Waals surface area contributed by atoms with Crippen LogP contribution < -0.4 is 10.1 Å². The lowest BCUT2D eigenvalue weighted by Crippen LogP contribution is -2.42. The van der Waals surface area contributed by atoms with Crippen LogP contribution in [0.5, 0.6) is 5.75 Å². The molecule has 2 amide bonds. The zero-order chi connectivity index (χ0) is 25.8. The van der Waals surface area contributed by atoms with Gasteiger partial charge in [0.25, 0.3) is 5.91 Å². The average Bonchev–Trinajstić information content (AvgIpc) is 3.24. The maximum atomic E-state index is 13.8. The molecule has 4 aromatic rings. The first-order valence-electron chi connectivity index (χ1n) is 12.7. The van der Waals surface area contributed by atoms with Crippen molar-refractivity contribution in [2.24, 2.45) is 7.05 Å². The molecule has 2 aromatic heterocycles. The summed E-state index contributed by atoms with van der Waals surface area (Å²) in [5, 5.41) is 2.91. The number of amides is 2. The van der Waals surface area contributed by atoms with Crippen molar-refractivity contribution >= 4 is 28.5 Å². The lowest BCUT2D eigenvalue weighted by Gasteiger charge is -2.32. The molecule has 8 heteroatoms. The van der Waals surface area contributed by atoms with E-state index in [1.165, 1.54) is 0 Å². The normalized spacial score (nSPS) is 14.1. The molecule has 8 nitrogen and oxygen atoms in total. The number of nitrogens with one attached hydrogen (secondary N) is 1. The third kappa shape index (κ3) is 5.48. The van der Waals surface area contributed by atoms with E-state index in [4.69, 9.17) is 9.72 Å². The molecule has 1 saturated heterocycles. The smallest absolute Gasteiger partial charge is 0.256 e. The standard InChI is InChI=1S/C29H31N5O3/c1-3-27(35)31-21-17-24(28-25(18-21)32-26(33(28)2)16-20-8-5-4-6-9-20)29(36)34-14-11-22(12-15-34)37-23-10-7-13-30-19-23/h4-10,13,17-19,22H,3,11-12,14-16H2,1-2H3,(H,31,35). The number of rotatable bonds is 7. The van der Waals surface area contributed by atoms with E-state index < -0.39 is 0 Å². The van der Waals surface area contributed by atoms with Crippen LogP contribution in [0.3, 0.4) is 0 Å². The zero-order valence-electron chi connectivity index (χ0n) is 21.2. The van der Waals surface area contributed by atoms with Crippen LogP contribution >= 0.6 is 0 Å². The van der Waals surface area contributed by atoms with Crippen LogP contribution in [-0.4, -0.2) is 50.4 Å². The van der Waals surface area contributed by atoms with Crippen LogP contribution in [0.1, 0.15) is 47.9 Å². The third-order valence-corrected chi connectivity index (χ3v) is 6.77.